The van der Waals surface area contributed by atoms with E-state index < -0.39 is 12.2 Å². The van der Waals surface area contributed by atoms with Gasteiger partial charge in [0.05, 0.1) is 41.6 Å². The summed E-state index contributed by atoms with van der Waals surface area (Å²) in [5, 5.41) is 22.9. The zero-order valence-corrected chi connectivity index (χ0v) is 13.5. The van der Waals surface area contributed by atoms with E-state index in [-0.39, 0.29) is 5.25 Å². The van der Waals surface area contributed by atoms with Gasteiger partial charge in [-0.3, -0.25) is 4.40 Å². The van der Waals surface area contributed by atoms with Gasteiger partial charge in [0.2, 0.25) is 0 Å². The molecule has 3 atom stereocenters. The summed E-state index contributed by atoms with van der Waals surface area (Å²) in [7, 11) is 0. The molecule has 0 spiro atoms. The summed E-state index contributed by atoms with van der Waals surface area (Å²) in [6.45, 7) is 0.511. The lowest BCUT2D eigenvalue weighted by Gasteiger charge is -2.15. The van der Waals surface area contributed by atoms with Gasteiger partial charge >= 0.3 is 0 Å². The molecule has 3 N–H and O–H groups in total. The molecule has 0 aromatic carbocycles. The number of rotatable bonds is 4. The van der Waals surface area contributed by atoms with Gasteiger partial charge in [-0.05, 0) is 6.07 Å². The van der Waals surface area contributed by atoms with Gasteiger partial charge in [-0.25, -0.2) is 19.9 Å². The molecule has 3 aromatic heterocycles. The summed E-state index contributed by atoms with van der Waals surface area (Å²) in [6, 6.07) is 1.83. The first kappa shape index (κ1) is 15.3. The minimum atomic E-state index is -0.791. The molecule has 124 valence electrons. The highest BCUT2D eigenvalue weighted by Gasteiger charge is 2.37. The molecule has 4 rings (SSSR count). The monoisotopic (exact) mass is 344 g/mol. The van der Waals surface area contributed by atoms with E-state index in [1.165, 1.54) is 18.1 Å². The smallest absolute Gasteiger partial charge is 0.180 e. The van der Waals surface area contributed by atoms with Crippen LogP contribution in [-0.4, -0.2) is 52.5 Å². The first-order valence-corrected chi connectivity index (χ1v) is 8.57. The largest absolute Gasteiger partial charge is 0.390 e. The summed E-state index contributed by atoms with van der Waals surface area (Å²) in [4.78, 5) is 16.8. The highest BCUT2D eigenvalue weighted by atomic mass is 32.2. The highest BCUT2D eigenvalue weighted by molar-refractivity contribution is 7.99. The number of nitrogens with zero attached hydrogens (tertiary/aromatic N) is 5. The van der Waals surface area contributed by atoms with E-state index >= 15 is 0 Å². The number of anilines is 1. The summed E-state index contributed by atoms with van der Waals surface area (Å²) in [5.41, 5.74) is 2.38. The molecule has 3 aromatic rings. The first-order valence-electron chi connectivity index (χ1n) is 7.52. The Bertz CT molecular complexity index is 842. The third-order valence-corrected chi connectivity index (χ3v) is 5.39. The Labute approximate surface area is 142 Å². The van der Waals surface area contributed by atoms with E-state index in [0.717, 1.165) is 11.4 Å². The summed E-state index contributed by atoms with van der Waals surface area (Å²) < 4.78 is 1.90. The maximum Gasteiger partial charge on any atom is 0.180 e. The quantitative estimate of drug-likeness (QED) is 0.633. The fourth-order valence-corrected chi connectivity index (χ4v) is 4.06. The molecule has 1 fully saturated rings. The fourth-order valence-electron chi connectivity index (χ4n) is 2.73. The van der Waals surface area contributed by atoms with Crippen molar-refractivity contribution in [3.63, 3.8) is 0 Å². The van der Waals surface area contributed by atoms with Crippen LogP contribution in [-0.2, 0) is 6.54 Å². The van der Waals surface area contributed by atoms with Crippen molar-refractivity contribution in [1.29, 1.82) is 0 Å². The first-order chi connectivity index (χ1) is 11.7. The Balaban J connectivity index is 1.62. The normalized spacial score (nSPS) is 23.7. The predicted molar refractivity (Wildman–Crippen MR) is 89.6 cm³/mol. The lowest BCUT2D eigenvalue weighted by Crippen LogP contribution is -2.25. The van der Waals surface area contributed by atoms with Crippen LogP contribution in [0.4, 0.5) is 5.82 Å². The topological polar surface area (TPSA) is 108 Å². The van der Waals surface area contributed by atoms with Crippen LogP contribution < -0.4 is 5.32 Å². The molecule has 0 amide bonds. The number of imidazole rings is 1. The molecule has 0 unspecified atom stereocenters. The SMILES string of the molecule is O[C@@H]1[C@H](O)CS[C@H]1c1cnc2c(NCc3ccncn3)nccn12. The predicted octanol–water partition coefficient (Wildman–Crippen LogP) is 0.641. The van der Waals surface area contributed by atoms with Crippen LogP contribution in [0.5, 0.6) is 0 Å². The standard InChI is InChI=1S/C15H16N6O2S/c22-11-7-24-13(12(11)23)10-6-19-15-14(17-3-4-21(10)15)18-5-9-1-2-16-8-20-9/h1-4,6,8,11-13,22-23H,5,7H2,(H,17,18)/t11-,12-,13+/m1/s1. The number of aliphatic hydroxyl groups is 2. The second-order valence-electron chi connectivity index (χ2n) is 5.52. The number of aliphatic hydroxyl groups excluding tert-OH is 2. The molecular formula is C15H16N6O2S. The molecule has 0 aliphatic carbocycles. The van der Waals surface area contributed by atoms with Gasteiger partial charge in [-0.15, -0.1) is 11.8 Å². The number of aromatic nitrogens is 5. The fraction of sp³-hybridized carbons (Fsp3) is 0.333. The number of hydrogen-bond donors (Lipinski definition) is 3. The summed E-state index contributed by atoms with van der Waals surface area (Å²) >= 11 is 1.53. The average molecular weight is 344 g/mol. The van der Waals surface area contributed by atoms with Crippen molar-refractivity contribution in [2.45, 2.75) is 24.0 Å². The van der Waals surface area contributed by atoms with Crippen LogP contribution in [0.15, 0.2) is 37.2 Å². The van der Waals surface area contributed by atoms with Gasteiger partial charge in [0.15, 0.2) is 11.5 Å². The van der Waals surface area contributed by atoms with E-state index in [9.17, 15) is 10.2 Å². The van der Waals surface area contributed by atoms with Crippen LogP contribution >= 0.6 is 11.8 Å². The zero-order chi connectivity index (χ0) is 16.5. The number of thioether (sulfide) groups is 1. The molecule has 1 aliphatic rings. The zero-order valence-electron chi connectivity index (χ0n) is 12.6. The Kier molecular flexibility index (Phi) is 4.05. The maximum absolute atomic E-state index is 10.2. The molecule has 0 bridgehead atoms. The van der Waals surface area contributed by atoms with Crippen LogP contribution in [0.2, 0.25) is 0 Å². The van der Waals surface area contributed by atoms with Crippen LogP contribution in [0, 0.1) is 0 Å². The Morgan fingerprint density at radius 1 is 1.25 bits per heavy atom. The Hall–Kier alpha value is -2.23. The lowest BCUT2D eigenvalue weighted by atomic mass is 10.1. The van der Waals surface area contributed by atoms with E-state index in [1.54, 1.807) is 18.6 Å². The van der Waals surface area contributed by atoms with Gasteiger partial charge in [0, 0.05) is 24.3 Å². The van der Waals surface area contributed by atoms with Crippen LogP contribution in [0.1, 0.15) is 16.6 Å². The van der Waals surface area contributed by atoms with Crippen molar-refractivity contribution in [2.75, 3.05) is 11.1 Å². The average Bonchev–Trinajstić information content (AvgIpc) is 3.18. The van der Waals surface area contributed by atoms with Crippen molar-refractivity contribution < 1.29 is 10.2 Å². The molecule has 9 heteroatoms. The van der Waals surface area contributed by atoms with Gasteiger partial charge in [0.1, 0.15) is 6.33 Å². The molecule has 24 heavy (non-hydrogen) atoms. The maximum atomic E-state index is 10.2. The number of hydrogen-bond acceptors (Lipinski definition) is 8. The number of nitrogens with one attached hydrogen (secondary N) is 1. The summed E-state index contributed by atoms with van der Waals surface area (Å²) in [6.07, 6.45) is 6.92. The summed E-state index contributed by atoms with van der Waals surface area (Å²) in [5.74, 6) is 1.16. The van der Waals surface area contributed by atoms with Gasteiger partial charge < -0.3 is 15.5 Å². The van der Waals surface area contributed by atoms with E-state index in [4.69, 9.17) is 0 Å². The molecule has 1 saturated heterocycles. The van der Waals surface area contributed by atoms with E-state index in [0.29, 0.717) is 23.8 Å². The highest BCUT2D eigenvalue weighted by Crippen LogP contribution is 2.40. The molecular weight excluding hydrogens is 328 g/mol. The molecule has 0 radical (unpaired) electrons. The van der Waals surface area contributed by atoms with Crippen molar-refractivity contribution in [3.8, 4) is 0 Å². The second-order valence-corrected chi connectivity index (χ2v) is 6.69. The second kappa shape index (κ2) is 6.34. The lowest BCUT2D eigenvalue weighted by molar-refractivity contribution is 0.0411. The Morgan fingerprint density at radius 3 is 2.92 bits per heavy atom. The van der Waals surface area contributed by atoms with E-state index in [2.05, 4.69) is 25.3 Å². The van der Waals surface area contributed by atoms with Crippen molar-refractivity contribution in [1.82, 2.24) is 24.3 Å². The number of fused-ring (bicyclic) bond motifs is 1. The van der Waals surface area contributed by atoms with Crippen LogP contribution in [0.3, 0.4) is 0 Å². The third-order valence-electron chi connectivity index (χ3n) is 3.98. The minimum absolute atomic E-state index is 0.202. The minimum Gasteiger partial charge on any atom is -0.390 e. The third kappa shape index (κ3) is 2.70. The molecule has 0 saturated carbocycles. The molecule has 8 nitrogen and oxygen atoms in total. The van der Waals surface area contributed by atoms with Crippen LogP contribution in [0.25, 0.3) is 5.65 Å². The van der Waals surface area contributed by atoms with Crippen molar-refractivity contribution in [2.24, 2.45) is 0 Å². The van der Waals surface area contributed by atoms with E-state index in [1.807, 2.05) is 16.7 Å². The van der Waals surface area contributed by atoms with Crippen molar-refractivity contribution in [3.05, 3.63) is 48.6 Å². The Morgan fingerprint density at radius 2 is 2.17 bits per heavy atom. The van der Waals surface area contributed by atoms with Gasteiger partial charge in [0.25, 0.3) is 0 Å². The van der Waals surface area contributed by atoms with Crippen molar-refractivity contribution >= 4 is 23.2 Å². The van der Waals surface area contributed by atoms with Gasteiger partial charge in [-0.2, -0.15) is 0 Å². The van der Waals surface area contributed by atoms with Gasteiger partial charge in [-0.1, -0.05) is 0 Å². The molecule has 4 heterocycles. The molecule has 1 aliphatic heterocycles.